The zero-order valence-corrected chi connectivity index (χ0v) is 22.1. The van der Waals surface area contributed by atoms with Crippen LogP contribution in [0.15, 0.2) is 41.2 Å². The van der Waals surface area contributed by atoms with E-state index in [9.17, 15) is 19.2 Å². The Bertz CT molecular complexity index is 1320. The summed E-state index contributed by atoms with van der Waals surface area (Å²) in [6, 6.07) is 5.18. The number of amides is 3. The van der Waals surface area contributed by atoms with Crippen molar-refractivity contribution in [3.05, 3.63) is 42.4 Å². The largest absolute Gasteiger partial charge is 0.496 e. The number of H-pyrrole nitrogens is 1. The summed E-state index contributed by atoms with van der Waals surface area (Å²) in [7, 11) is 1.55. The minimum absolute atomic E-state index is 0.0653. The van der Waals surface area contributed by atoms with Crippen LogP contribution < -0.4 is 25.4 Å². The van der Waals surface area contributed by atoms with Gasteiger partial charge in [-0.3, -0.25) is 19.2 Å². The van der Waals surface area contributed by atoms with Crippen molar-refractivity contribution < 1.29 is 33.2 Å². The van der Waals surface area contributed by atoms with Gasteiger partial charge in [0.1, 0.15) is 30.3 Å². The quantitative estimate of drug-likeness (QED) is 0.256. The number of hydrogen-bond donors (Lipinski definition) is 4. The normalized spacial score (nSPS) is 16.5. The molecular weight excluding hydrogens is 506 g/mol. The standard InChI is InChI=1S/C27H33N5O7/c1-15(2)9-21(32-27(36)22-11-18-19(30-22)5-4-6-24(18)37-3)26(35)31-20(10-16-7-8-28-25(16)34)23(33)14-38-17-12-29-39-13-17/h4-6,11-13,15-16,20-21,30H,7-10,14H2,1-3H3,(H,28,34)(H,31,35)(H,32,36)/t16?,20?,21-/m0/s1. The number of aromatic amines is 1. The first kappa shape index (κ1) is 27.7. The number of aromatic nitrogens is 2. The molecule has 1 saturated heterocycles. The van der Waals surface area contributed by atoms with E-state index in [-0.39, 0.29) is 36.3 Å². The van der Waals surface area contributed by atoms with E-state index >= 15 is 0 Å². The van der Waals surface area contributed by atoms with Gasteiger partial charge in [0, 0.05) is 23.4 Å². The van der Waals surface area contributed by atoms with Crippen LogP contribution in [0.4, 0.5) is 0 Å². The fourth-order valence-corrected chi connectivity index (χ4v) is 4.59. The molecule has 1 aliphatic rings. The van der Waals surface area contributed by atoms with Crippen molar-refractivity contribution in [2.45, 2.75) is 45.2 Å². The highest BCUT2D eigenvalue weighted by molar-refractivity contribution is 6.02. The van der Waals surface area contributed by atoms with E-state index in [1.54, 1.807) is 19.2 Å². The van der Waals surface area contributed by atoms with Crippen LogP contribution in [0.25, 0.3) is 10.9 Å². The second-order valence-electron chi connectivity index (χ2n) is 9.95. The van der Waals surface area contributed by atoms with Gasteiger partial charge in [-0.05, 0) is 43.4 Å². The number of nitrogens with one attached hydrogen (secondary N) is 4. The van der Waals surface area contributed by atoms with Crippen LogP contribution in [0.2, 0.25) is 0 Å². The molecule has 4 N–H and O–H groups in total. The van der Waals surface area contributed by atoms with E-state index < -0.39 is 35.6 Å². The van der Waals surface area contributed by atoms with Gasteiger partial charge in [0.05, 0.1) is 13.2 Å². The number of nitrogens with zero attached hydrogens (tertiary/aromatic N) is 1. The Balaban J connectivity index is 1.49. The number of rotatable bonds is 13. The number of hydrogen-bond acceptors (Lipinski definition) is 8. The minimum Gasteiger partial charge on any atom is -0.496 e. The Morgan fingerprint density at radius 3 is 2.69 bits per heavy atom. The lowest BCUT2D eigenvalue weighted by molar-refractivity contribution is -0.131. The van der Waals surface area contributed by atoms with Crippen LogP contribution in [-0.2, 0) is 14.4 Å². The average Bonchev–Trinajstić information content (AvgIpc) is 3.67. The zero-order chi connectivity index (χ0) is 27.9. The van der Waals surface area contributed by atoms with Crippen LogP contribution in [0, 0.1) is 11.8 Å². The molecule has 0 saturated carbocycles. The molecule has 1 aliphatic heterocycles. The molecule has 39 heavy (non-hydrogen) atoms. The highest BCUT2D eigenvalue weighted by atomic mass is 16.5. The number of methoxy groups -OCH3 is 1. The predicted octanol–water partition coefficient (Wildman–Crippen LogP) is 1.97. The molecule has 0 radical (unpaired) electrons. The van der Waals surface area contributed by atoms with Crippen LogP contribution >= 0.6 is 0 Å². The fraction of sp³-hybridized carbons (Fsp3) is 0.444. The van der Waals surface area contributed by atoms with Crippen molar-refractivity contribution in [2.24, 2.45) is 11.8 Å². The maximum atomic E-state index is 13.4. The van der Waals surface area contributed by atoms with Crippen molar-refractivity contribution in [1.82, 2.24) is 26.1 Å². The lowest BCUT2D eigenvalue weighted by atomic mass is 9.95. The summed E-state index contributed by atoms with van der Waals surface area (Å²) in [5.74, 6) is -1.04. The number of carbonyl (C=O) groups excluding carboxylic acids is 4. The molecule has 3 heterocycles. The van der Waals surface area contributed by atoms with Gasteiger partial charge in [-0.1, -0.05) is 25.1 Å². The summed E-state index contributed by atoms with van der Waals surface area (Å²) in [5.41, 5.74) is 0.992. The summed E-state index contributed by atoms with van der Waals surface area (Å²) in [6.07, 6.45) is 3.58. The van der Waals surface area contributed by atoms with Gasteiger partial charge in [0.25, 0.3) is 5.91 Å². The number of fused-ring (bicyclic) bond motifs is 1. The Kier molecular flexibility index (Phi) is 8.84. The summed E-state index contributed by atoms with van der Waals surface area (Å²) in [5, 5.41) is 12.6. The van der Waals surface area contributed by atoms with Gasteiger partial charge in [0.2, 0.25) is 11.8 Å². The van der Waals surface area contributed by atoms with E-state index in [1.165, 1.54) is 12.5 Å². The second-order valence-corrected chi connectivity index (χ2v) is 9.95. The molecule has 1 aromatic carbocycles. The third kappa shape index (κ3) is 6.95. The molecule has 2 aromatic heterocycles. The van der Waals surface area contributed by atoms with Gasteiger partial charge in [-0.2, -0.15) is 0 Å². The molecule has 4 rings (SSSR count). The maximum Gasteiger partial charge on any atom is 0.268 e. The van der Waals surface area contributed by atoms with Gasteiger partial charge < -0.3 is 34.9 Å². The number of ketones is 1. The molecule has 208 valence electrons. The summed E-state index contributed by atoms with van der Waals surface area (Å²) >= 11 is 0. The molecule has 3 aromatic rings. The first-order valence-electron chi connectivity index (χ1n) is 12.8. The number of ether oxygens (including phenoxy) is 2. The Morgan fingerprint density at radius 1 is 1.21 bits per heavy atom. The van der Waals surface area contributed by atoms with Gasteiger partial charge in [-0.25, -0.2) is 0 Å². The van der Waals surface area contributed by atoms with Crippen molar-refractivity contribution in [1.29, 1.82) is 0 Å². The Hall–Kier alpha value is -4.35. The van der Waals surface area contributed by atoms with Crippen LogP contribution in [-0.4, -0.2) is 66.0 Å². The molecule has 3 amide bonds. The summed E-state index contributed by atoms with van der Waals surface area (Å²) < 4.78 is 15.5. The van der Waals surface area contributed by atoms with Gasteiger partial charge in [0.15, 0.2) is 17.8 Å². The highest BCUT2D eigenvalue weighted by Crippen LogP contribution is 2.26. The van der Waals surface area contributed by atoms with Crippen LogP contribution in [0.3, 0.4) is 0 Å². The molecule has 12 heteroatoms. The summed E-state index contributed by atoms with van der Waals surface area (Å²) in [4.78, 5) is 55.0. The highest BCUT2D eigenvalue weighted by Gasteiger charge is 2.33. The van der Waals surface area contributed by atoms with Crippen molar-refractivity contribution >= 4 is 34.4 Å². The molecule has 0 bridgehead atoms. The second kappa shape index (κ2) is 12.5. The van der Waals surface area contributed by atoms with E-state index in [2.05, 4.69) is 26.1 Å². The van der Waals surface area contributed by atoms with E-state index in [4.69, 9.17) is 14.0 Å². The Labute approximate surface area is 225 Å². The summed E-state index contributed by atoms with van der Waals surface area (Å²) in [6.45, 7) is 4.02. The molecule has 0 spiro atoms. The molecule has 3 atom stereocenters. The topological polar surface area (TPSA) is 165 Å². The first-order chi connectivity index (χ1) is 18.7. The first-order valence-corrected chi connectivity index (χ1v) is 12.8. The number of carbonyl (C=O) groups is 4. The number of benzene rings is 1. The smallest absolute Gasteiger partial charge is 0.268 e. The zero-order valence-electron chi connectivity index (χ0n) is 22.1. The van der Waals surface area contributed by atoms with Crippen molar-refractivity contribution in [3.8, 4) is 11.5 Å². The minimum atomic E-state index is -0.991. The predicted molar refractivity (Wildman–Crippen MR) is 140 cm³/mol. The molecule has 12 nitrogen and oxygen atoms in total. The van der Waals surface area contributed by atoms with E-state index in [0.29, 0.717) is 25.1 Å². The molecule has 0 aliphatic carbocycles. The third-order valence-electron chi connectivity index (χ3n) is 6.60. The monoisotopic (exact) mass is 539 g/mol. The van der Waals surface area contributed by atoms with Crippen molar-refractivity contribution in [3.63, 3.8) is 0 Å². The Morgan fingerprint density at radius 2 is 2.03 bits per heavy atom. The maximum absolute atomic E-state index is 13.4. The van der Waals surface area contributed by atoms with Crippen molar-refractivity contribution in [2.75, 3.05) is 20.3 Å². The molecular formula is C27H33N5O7. The lowest BCUT2D eigenvalue weighted by Crippen LogP contribution is -2.53. The fourth-order valence-electron chi connectivity index (χ4n) is 4.59. The lowest BCUT2D eigenvalue weighted by Gasteiger charge is -2.25. The van der Waals surface area contributed by atoms with Gasteiger partial charge in [-0.15, -0.1) is 0 Å². The van der Waals surface area contributed by atoms with E-state index in [1.807, 2.05) is 26.0 Å². The average molecular weight is 540 g/mol. The molecule has 1 fully saturated rings. The SMILES string of the molecule is COc1cccc2[nH]c(C(=O)N[C@@H](CC(C)C)C(=O)NC(CC3CCNC3=O)C(=O)COc3cnoc3)cc12. The van der Waals surface area contributed by atoms with Gasteiger partial charge >= 0.3 is 0 Å². The van der Waals surface area contributed by atoms with E-state index in [0.717, 1.165) is 10.9 Å². The molecule has 2 unspecified atom stereocenters. The third-order valence-corrected chi connectivity index (χ3v) is 6.60. The van der Waals surface area contributed by atoms with Crippen LogP contribution in [0.5, 0.6) is 11.5 Å². The number of Topliss-reactive ketones (excluding diaryl/α,β-unsaturated/α-hetero) is 1. The van der Waals surface area contributed by atoms with Crippen LogP contribution in [0.1, 0.15) is 43.6 Å².